The molecule has 0 aromatic carbocycles. The molecule has 0 radical (unpaired) electrons. The molecule has 0 aliphatic rings. The standard InChI is InChI=1S/C6H16N2.CH4/c1-6(5-8)3-2-4-7;/h6H,2-5,7-8H2,1H3;1H4. The minimum Gasteiger partial charge on any atom is -0.330 e. The van der Waals surface area contributed by atoms with Crippen LogP contribution in [0.25, 0.3) is 0 Å². The van der Waals surface area contributed by atoms with Crippen molar-refractivity contribution in [2.45, 2.75) is 27.2 Å². The SMILES string of the molecule is C.CC(CN)CCCN. The van der Waals surface area contributed by atoms with Gasteiger partial charge in [-0.25, -0.2) is 0 Å². The van der Waals surface area contributed by atoms with Crippen LogP contribution >= 0.6 is 0 Å². The van der Waals surface area contributed by atoms with Gasteiger partial charge in [-0.3, -0.25) is 0 Å². The zero-order valence-electron chi connectivity index (χ0n) is 5.56. The highest BCUT2D eigenvalue weighted by atomic mass is 14.5. The van der Waals surface area contributed by atoms with Gasteiger partial charge in [0.1, 0.15) is 0 Å². The molecule has 2 nitrogen and oxygen atoms in total. The van der Waals surface area contributed by atoms with E-state index in [2.05, 4.69) is 6.92 Å². The summed E-state index contributed by atoms with van der Waals surface area (Å²) in [4.78, 5) is 0. The van der Waals surface area contributed by atoms with Crippen molar-refractivity contribution in [2.24, 2.45) is 17.4 Å². The van der Waals surface area contributed by atoms with Crippen LogP contribution in [0.4, 0.5) is 0 Å². The zero-order chi connectivity index (χ0) is 6.41. The first kappa shape index (κ1) is 11.7. The maximum atomic E-state index is 5.37. The van der Waals surface area contributed by atoms with Crippen LogP contribution in [0.1, 0.15) is 27.2 Å². The summed E-state index contributed by atoms with van der Waals surface area (Å²) in [6, 6.07) is 0. The molecule has 1 unspecified atom stereocenters. The van der Waals surface area contributed by atoms with Crippen LogP contribution in [0.5, 0.6) is 0 Å². The Balaban J connectivity index is 0. The maximum absolute atomic E-state index is 5.37. The molecule has 0 aromatic heterocycles. The van der Waals surface area contributed by atoms with Gasteiger partial charge in [-0.2, -0.15) is 0 Å². The van der Waals surface area contributed by atoms with Crippen LogP contribution in [0.2, 0.25) is 0 Å². The Labute approximate surface area is 58.6 Å². The van der Waals surface area contributed by atoms with Gasteiger partial charge in [0.05, 0.1) is 0 Å². The van der Waals surface area contributed by atoms with Crippen LogP contribution in [-0.2, 0) is 0 Å². The summed E-state index contributed by atoms with van der Waals surface area (Å²) in [5, 5.41) is 0. The fourth-order valence-electron chi connectivity index (χ4n) is 0.584. The lowest BCUT2D eigenvalue weighted by atomic mass is 10.1. The normalized spacial score (nSPS) is 12.3. The lowest BCUT2D eigenvalue weighted by Crippen LogP contribution is -2.12. The predicted molar refractivity (Wildman–Crippen MR) is 43.2 cm³/mol. The first-order chi connectivity index (χ1) is 3.81. The summed E-state index contributed by atoms with van der Waals surface area (Å²) >= 11 is 0. The molecule has 0 rings (SSSR count). The second-order valence-corrected chi connectivity index (χ2v) is 2.27. The number of rotatable bonds is 4. The number of hydrogen-bond donors (Lipinski definition) is 2. The van der Waals surface area contributed by atoms with Crippen LogP contribution in [0.3, 0.4) is 0 Å². The van der Waals surface area contributed by atoms with E-state index >= 15 is 0 Å². The molecule has 0 amide bonds. The second-order valence-electron chi connectivity index (χ2n) is 2.27. The van der Waals surface area contributed by atoms with Gasteiger partial charge in [0.25, 0.3) is 0 Å². The van der Waals surface area contributed by atoms with Crippen molar-refractivity contribution >= 4 is 0 Å². The third-order valence-corrected chi connectivity index (χ3v) is 1.30. The molecule has 0 bridgehead atoms. The van der Waals surface area contributed by atoms with E-state index in [0.29, 0.717) is 5.92 Å². The van der Waals surface area contributed by atoms with Crippen molar-refractivity contribution in [1.82, 2.24) is 0 Å². The third-order valence-electron chi connectivity index (χ3n) is 1.30. The highest BCUT2D eigenvalue weighted by Crippen LogP contribution is 2.00. The average molecular weight is 132 g/mol. The minimum absolute atomic E-state index is 0. The Kier molecular flexibility index (Phi) is 10.3. The molecule has 1 atom stereocenters. The lowest BCUT2D eigenvalue weighted by Gasteiger charge is -2.04. The van der Waals surface area contributed by atoms with E-state index < -0.39 is 0 Å². The second kappa shape index (κ2) is 7.92. The van der Waals surface area contributed by atoms with E-state index in [1.165, 1.54) is 6.42 Å². The monoisotopic (exact) mass is 132 g/mol. The smallest absolute Gasteiger partial charge is 0.00515 e. The molecule has 0 aliphatic carbocycles. The molecule has 0 saturated carbocycles. The van der Waals surface area contributed by atoms with Crippen molar-refractivity contribution in [3.63, 3.8) is 0 Å². The van der Waals surface area contributed by atoms with Crippen LogP contribution in [-0.4, -0.2) is 13.1 Å². The Morgan fingerprint density at radius 1 is 1.33 bits per heavy atom. The minimum atomic E-state index is 0. The molecule has 0 saturated heterocycles. The zero-order valence-corrected chi connectivity index (χ0v) is 5.56. The largest absolute Gasteiger partial charge is 0.330 e. The van der Waals surface area contributed by atoms with E-state index in [9.17, 15) is 0 Å². The van der Waals surface area contributed by atoms with E-state index in [1.54, 1.807) is 0 Å². The molecule has 0 spiro atoms. The molecule has 0 aliphatic heterocycles. The molecular weight excluding hydrogens is 112 g/mol. The summed E-state index contributed by atoms with van der Waals surface area (Å²) in [6.45, 7) is 3.74. The molecule has 0 heterocycles. The Bertz CT molecular complexity index is 46.2. The molecular formula is C7H20N2. The van der Waals surface area contributed by atoms with E-state index in [0.717, 1.165) is 19.5 Å². The average Bonchev–Trinajstić information content (AvgIpc) is 1.83. The van der Waals surface area contributed by atoms with Gasteiger partial charge in [0.2, 0.25) is 0 Å². The van der Waals surface area contributed by atoms with Crippen LogP contribution in [0, 0.1) is 5.92 Å². The fourth-order valence-corrected chi connectivity index (χ4v) is 0.584. The molecule has 0 aromatic rings. The Hall–Kier alpha value is -0.0800. The first-order valence-electron chi connectivity index (χ1n) is 3.21. The van der Waals surface area contributed by atoms with E-state index in [4.69, 9.17) is 11.5 Å². The topological polar surface area (TPSA) is 52.0 Å². The van der Waals surface area contributed by atoms with Gasteiger partial charge < -0.3 is 11.5 Å². The molecule has 58 valence electrons. The predicted octanol–water partition coefficient (Wildman–Crippen LogP) is 0.956. The van der Waals surface area contributed by atoms with Gasteiger partial charge >= 0.3 is 0 Å². The Morgan fingerprint density at radius 3 is 2.22 bits per heavy atom. The highest BCUT2D eigenvalue weighted by Gasteiger charge is 1.95. The van der Waals surface area contributed by atoms with Gasteiger partial charge in [-0.15, -0.1) is 0 Å². The number of nitrogens with two attached hydrogens (primary N) is 2. The molecule has 4 N–H and O–H groups in total. The van der Waals surface area contributed by atoms with Crippen molar-refractivity contribution in [2.75, 3.05) is 13.1 Å². The van der Waals surface area contributed by atoms with Crippen molar-refractivity contribution in [3.05, 3.63) is 0 Å². The molecule has 2 heteroatoms. The number of hydrogen-bond acceptors (Lipinski definition) is 2. The summed E-state index contributed by atoms with van der Waals surface area (Å²) in [7, 11) is 0. The highest BCUT2D eigenvalue weighted by molar-refractivity contribution is 4.52. The van der Waals surface area contributed by atoms with Crippen molar-refractivity contribution in [1.29, 1.82) is 0 Å². The van der Waals surface area contributed by atoms with Gasteiger partial charge in [-0.05, 0) is 31.8 Å². The van der Waals surface area contributed by atoms with Crippen LogP contribution in [0.15, 0.2) is 0 Å². The Morgan fingerprint density at radius 2 is 1.89 bits per heavy atom. The quantitative estimate of drug-likeness (QED) is 0.598. The first-order valence-corrected chi connectivity index (χ1v) is 3.21. The van der Waals surface area contributed by atoms with Gasteiger partial charge in [0.15, 0.2) is 0 Å². The van der Waals surface area contributed by atoms with E-state index in [1.807, 2.05) is 0 Å². The lowest BCUT2D eigenvalue weighted by molar-refractivity contribution is 0.525. The maximum Gasteiger partial charge on any atom is -0.00515 e. The third kappa shape index (κ3) is 7.92. The van der Waals surface area contributed by atoms with Gasteiger partial charge in [-0.1, -0.05) is 14.4 Å². The van der Waals surface area contributed by atoms with E-state index in [-0.39, 0.29) is 7.43 Å². The summed E-state index contributed by atoms with van der Waals surface area (Å²) in [5.74, 6) is 0.651. The fraction of sp³-hybridized carbons (Fsp3) is 1.00. The van der Waals surface area contributed by atoms with Crippen molar-refractivity contribution < 1.29 is 0 Å². The molecule has 0 fully saturated rings. The van der Waals surface area contributed by atoms with Gasteiger partial charge in [0, 0.05) is 0 Å². The van der Waals surface area contributed by atoms with Crippen molar-refractivity contribution in [3.8, 4) is 0 Å². The summed E-state index contributed by atoms with van der Waals surface area (Å²) < 4.78 is 0. The molecule has 9 heavy (non-hydrogen) atoms. The summed E-state index contributed by atoms with van der Waals surface area (Å²) in [6.07, 6.45) is 2.28. The summed E-state index contributed by atoms with van der Waals surface area (Å²) in [5.41, 5.74) is 10.7. The van der Waals surface area contributed by atoms with Crippen LogP contribution < -0.4 is 11.5 Å².